The fourth-order valence-electron chi connectivity index (χ4n) is 1.74. The van der Waals surface area contributed by atoms with E-state index < -0.39 is 5.97 Å². The number of carboxylic acids is 1. The van der Waals surface area contributed by atoms with Crippen LogP contribution >= 0.6 is 0 Å². The number of carboxylic acid groups (broad SMARTS) is 1. The number of para-hydroxylation sites is 2. The van der Waals surface area contributed by atoms with E-state index in [2.05, 4.69) is 10.6 Å². The van der Waals surface area contributed by atoms with E-state index in [4.69, 9.17) is 5.11 Å². The number of hydrogen-bond acceptors (Lipinski definition) is 3. The number of unbranched alkanes of at least 4 members (excludes halogenated alkanes) is 1. The van der Waals surface area contributed by atoms with E-state index in [0.29, 0.717) is 19.4 Å². The second kappa shape index (κ2) is 8.04. The van der Waals surface area contributed by atoms with Gasteiger partial charge in [0, 0.05) is 27.1 Å². The second-order valence-corrected chi connectivity index (χ2v) is 4.64. The molecule has 1 aromatic rings. The molecule has 110 valence electrons. The minimum atomic E-state index is -0.811. The Morgan fingerprint density at radius 3 is 2.55 bits per heavy atom. The summed E-state index contributed by atoms with van der Waals surface area (Å²) < 4.78 is 0. The first-order chi connectivity index (χ1) is 9.50. The Bertz CT molecular complexity index is 461. The van der Waals surface area contributed by atoms with Crippen LogP contribution in [-0.2, 0) is 4.79 Å². The molecule has 0 aliphatic rings. The molecule has 0 unspecified atom stereocenters. The molecule has 0 saturated heterocycles. The number of anilines is 2. The molecule has 0 spiro atoms. The molecule has 0 bridgehead atoms. The number of carbonyl (C=O) groups is 2. The lowest BCUT2D eigenvalue weighted by molar-refractivity contribution is -0.137. The average molecular weight is 279 g/mol. The van der Waals surface area contributed by atoms with Gasteiger partial charge in [-0.1, -0.05) is 12.1 Å². The van der Waals surface area contributed by atoms with E-state index in [-0.39, 0.29) is 12.5 Å². The van der Waals surface area contributed by atoms with Gasteiger partial charge in [-0.05, 0) is 25.0 Å². The van der Waals surface area contributed by atoms with Crippen LogP contribution in [0, 0.1) is 0 Å². The van der Waals surface area contributed by atoms with Crippen molar-refractivity contribution in [1.29, 1.82) is 0 Å². The molecule has 2 amide bonds. The Kier molecular flexibility index (Phi) is 6.36. The lowest BCUT2D eigenvalue weighted by Crippen LogP contribution is -2.30. The van der Waals surface area contributed by atoms with Gasteiger partial charge in [0.1, 0.15) is 0 Å². The molecule has 0 radical (unpaired) electrons. The van der Waals surface area contributed by atoms with Gasteiger partial charge in [0.15, 0.2) is 0 Å². The van der Waals surface area contributed by atoms with Crippen molar-refractivity contribution in [3.8, 4) is 0 Å². The molecule has 0 aliphatic heterocycles. The standard InChI is InChI=1S/C14H21N3O3/c1-17(2)12-8-4-3-7-11(12)16-14(20)15-10-6-5-9-13(18)19/h3-4,7-8H,5-6,9-10H2,1-2H3,(H,18,19)(H2,15,16,20). The normalized spacial score (nSPS) is 9.90. The first kappa shape index (κ1) is 15.8. The molecule has 0 saturated carbocycles. The number of urea groups is 1. The highest BCUT2D eigenvalue weighted by atomic mass is 16.4. The zero-order valence-electron chi connectivity index (χ0n) is 11.8. The fraction of sp³-hybridized carbons (Fsp3) is 0.429. The summed E-state index contributed by atoms with van der Waals surface area (Å²) in [4.78, 5) is 24.0. The van der Waals surface area contributed by atoms with Crippen LogP contribution in [0.4, 0.5) is 16.2 Å². The summed E-state index contributed by atoms with van der Waals surface area (Å²) >= 11 is 0. The zero-order valence-corrected chi connectivity index (χ0v) is 11.8. The first-order valence-corrected chi connectivity index (χ1v) is 6.53. The fourth-order valence-corrected chi connectivity index (χ4v) is 1.74. The summed E-state index contributed by atoms with van der Waals surface area (Å²) in [6, 6.07) is 7.23. The number of aliphatic carboxylic acids is 1. The van der Waals surface area contributed by atoms with Crippen molar-refractivity contribution in [2.75, 3.05) is 30.9 Å². The second-order valence-electron chi connectivity index (χ2n) is 4.64. The Morgan fingerprint density at radius 2 is 1.90 bits per heavy atom. The molecule has 6 nitrogen and oxygen atoms in total. The van der Waals surface area contributed by atoms with E-state index >= 15 is 0 Å². The van der Waals surface area contributed by atoms with Crippen LogP contribution in [0.25, 0.3) is 0 Å². The number of benzene rings is 1. The molecule has 0 atom stereocenters. The smallest absolute Gasteiger partial charge is 0.319 e. The van der Waals surface area contributed by atoms with Crippen LogP contribution in [0.2, 0.25) is 0 Å². The molecule has 1 aromatic carbocycles. The van der Waals surface area contributed by atoms with Crippen molar-refractivity contribution >= 4 is 23.4 Å². The van der Waals surface area contributed by atoms with Gasteiger partial charge < -0.3 is 20.6 Å². The molecular weight excluding hydrogens is 258 g/mol. The van der Waals surface area contributed by atoms with Crippen LogP contribution in [-0.4, -0.2) is 37.7 Å². The number of nitrogens with one attached hydrogen (secondary N) is 2. The van der Waals surface area contributed by atoms with Crippen molar-refractivity contribution < 1.29 is 14.7 Å². The van der Waals surface area contributed by atoms with Gasteiger partial charge in [0.05, 0.1) is 11.4 Å². The lowest BCUT2D eigenvalue weighted by Gasteiger charge is -2.17. The molecule has 3 N–H and O–H groups in total. The minimum Gasteiger partial charge on any atom is -0.481 e. The highest BCUT2D eigenvalue weighted by molar-refractivity contribution is 5.93. The summed E-state index contributed by atoms with van der Waals surface area (Å²) in [5.74, 6) is -0.811. The topological polar surface area (TPSA) is 81.7 Å². The predicted molar refractivity (Wildman–Crippen MR) is 79.3 cm³/mol. The summed E-state index contributed by atoms with van der Waals surface area (Å²) in [6.45, 7) is 0.462. The van der Waals surface area contributed by atoms with Crippen LogP contribution in [0.3, 0.4) is 0 Å². The van der Waals surface area contributed by atoms with E-state index in [1.807, 2.05) is 43.3 Å². The van der Waals surface area contributed by atoms with Crippen LogP contribution in [0.1, 0.15) is 19.3 Å². The predicted octanol–water partition coefficient (Wildman–Crippen LogP) is 2.13. The Balaban J connectivity index is 2.37. The van der Waals surface area contributed by atoms with Crippen LogP contribution in [0.15, 0.2) is 24.3 Å². The number of nitrogens with zero attached hydrogens (tertiary/aromatic N) is 1. The van der Waals surface area contributed by atoms with Crippen LogP contribution in [0.5, 0.6) is 0 Å². The third kappa shape index (κ3) is 5.60. The van der Waals surface area contributed by atoms with Crippen molar-refractivity contribution in [1.82, 2.24) is 5.32 Å². The number of carbonyl (C=O) groups excluding carboxylic acids is 1. The van der Waals surface area contributed by atoms with E-state index in [0.717, 1.165) is 11.4 Å². The zero-order chi connectivity index (χ0) is 15.0. The number of rotatable bonds is 7. The van der Waals surface area contributed by atoms with Gasteiger partial charge in [-0.25, -0.2) is 4.79 Å². The molecule has 0 aromatic heterocycles. The Hall–Kier alpha value is -2.24. The van der Waals surface area contributed by atoms with E-state index in [9.17, 15) is 9.59 Å². The van der Waals surface area contributed by atoms with E-state index in [1.54, 1.807) is 0 Å². The van der Waals surface area contributed by atoms with Gasteiger partial charge in [-0.3, -0.25) is 4.79 Å². The summed E-state index contributed by atoms with van der Waals surface area (Å²) in [7, 11) is 3.81. The highest BCUT2D eigenvalue weighted by Crippen LogP contribution is 2.23. The molecule has 0 aliphatic carbocycles. The first-order valence-electron chi connectivity index (χ1n) is 6.53. The van der Waals surface area contributed by atoms with Gasteiger partial charge in [0.25, 0.3) is 0 Å². The maximum atomic E-state index is 11.7. The minimum absolute atomic E-state index is 0.132. The maximum Gasteiger partial charge on any atom is 0.319 e. The summed E-state index contributed by atoms with van der Waals surface area (Å²) in [6.07, 6.45) is 1.34. The molecule has 20 heavy (non-hydrogen) atoms. The van der Waals surface area contributed by atoms with Crippen molar-refractivity contribution in [3.05, 3.63) is 24.3 Å². The average Bonchev–Trinajstić information content (AvgIpc) is 2.38. The Labute approximate surface area is 118 Å². The van der Waals surface area contributed by atoms with Gasteiger partial charge in [0.2, 0.25) is 0 Å². The summed E-state index contributed by atoms with van der Waals surface area (Å²) in [5, 5.41) is 14.0. The third-order valence-electron chi connectivity index (χ3n) is 2.74. The molecular formula is C14H21N3O3. The van der Waals surface area contributed by atoms with Gasteiger partial charge in [-0.15, -0.1) is 0 Å². The van der Waals surface area contributed by atoms with Gasteiger partial charge in [-0.2, -0.15) is 0 Å². The number of amides is 2. The SMILES string of the molecule is CN(C)c1ccccc1NC(=O)NCCCCC(=O)O. The van der Waals surface area contributed by atoms with Crippen molar-refractivity contribution in [3.63, 3.8) is 0 Å². The van der Waals surface area contributed by atoms with Gasteiger partial charge >= 0.3 is 12.0 Å². The number of hydrogen-bond donors (Lipinski definition) is 3. The quantitative estimate of drug-likeness (QED) is 0.668. The molecule has 6 heteroatoms. The van der Waals surface area contributed by atoms with Crippen molar-refractivity contribution in [2.45, 2.75) is 19.3 Å². The summed E-state index contributed by atoms with van der Waals surface area (Å²) in [5.41, 5.74) is 1.66. The third-order valence-corrected chi connectivity index (χ3v) is 2.74. The van der Waals surface area contributed by atoms with Crippen LogP contribution < -0.4 is 15.5 Å². The molecule has 1 rings (SSSR count). The van der Waals surface area contributed by atoms with E-state index in [1.165, 1.54) is 0 Å². The lowest BCUT2D eigenvalue weighted by atomic mass is 10.2. The van der Waals surface area contributed by atoms with Crippen molar-refractivity contribution in [2.24, 2.45) is 0 Å². The Morgan fingerprint density at radius 1 is 1.20 bits per heavy atom. The maximum absolute atomic E-state index is 11.7. The monoisotopic (exact) mass is 279 g/mol. The molecule has 0 fully saturated rings. The molecule has 0 heterocycles. The highest BCUT2D eigenvalue weighted by Gasteiger charge is 2.07. The largest absolute Gasteiger partial charge is 0.481 e.